The van der Waals surface area contributed by atoms with Crippen molar-refractivity contribution < 1.29 is 14.6 Å². The number of carbonyl (C=O) groups excluding carboxylic acids is 1. The molecule has 1 aromatic carbocycles. The van der Waals surface area contributed by atoms with E-state index < -0.39 is 0 Å². The summed E-state index contributed by atoms with van der Waals surface area (Å²) in [6, 6.07) is 4.08. The summed E-state index contributed by atoms with van der Waals surface area (Å²) in [5.41, 5.74) is 3.50. The van der Waals surface area contributed by atoms with Gasteiger partial charge in [0.1, 0.15) is 5.75 Å². The Labute approximate surface area is 108 Å². The minimum Gasteiger partial charge on any atom is -0.493 e. The topological polar surface area (TPSA) is 58.6 Å². The largest absolute Gasteiger partial charge is 0.493 e. The van der Waals surface area contributed by atoms with Crippen LogP contribution in [0.4, 0.5) is 0 Å². The molecule has 18 heavy (non-hydrogen) atoms. The first kappa shape index (κ1) is 14.5. The van der Waals surface area contributed by atoms with E-state index in [-0.39, 0.29) is 12.5 Å². The quantitative estimate of drug-likeness (QED) is 0.805. The number of benzene rings is 1. The number of ether oxygens (including phenoxy) is 1. The van der Waals surface area contributed by atoms with Gasteiger partial charge in [-0.15, -0.1) is 0 Å². The van der Waals surface area contributed by atoms with Crippen molar-refractivity contribution in [3.05, 3.63) is 28.8 Å². The molecule has 0 aliphatic heterocycles. The molecule has 0 saturated carbocycles. The van der Waals surface area contributed by atoms with Gasteiger partial charge in [-0.2, -0.15) is 0 Å². The highest BCUT2D eigenvalue weighted by atomic mass is 16.5. The summed E-state index contributed by atoms with van der Waals surface area (Å²) in [6.07, 6.45) is 0.298. The fourth-order valence-electron chi connectivity index (χ4n) is 1.63. The number of rotatable bonds is 6. The average Bonchev–Trinajstić information content (AvgIpc) is 2.33. The van der Waals surface area contributed by atoms with E-state index in [0.717, 1.165) is 11.3 Å². The molecular formula is C14H21NO3. The Morgan fingerprint density at radius 1 is 1.22 bits per heavy atom. The van der Waals surface area contributed by atoms with Gasteiger partial charge in [0.15, 0.2) is 0 Å². The average molecular weight is 251 g/mol. The van der Waals surface area contributed by atoms with Crippen LogP contribution in [-0.2, 0) is 4.79 Å². The van der Waals surface area contributed by atoms with Gasteiger partial charge in [-0.25, -0.2) is 0 Å². The summed E-state index contributed by atoms with van der Waals surface area (Å²) in [5, 5.41) is 11.2. The SMILES string of the molecule is Cc1cc(C)c(OCCC(=O)NCCO)cc1C. The number of aliphatic hydroxyl groups is 1. The molecule has 0 aromatic heterocycles. The van der Waals surface area contributed by atoms with E-state index in [2.05, 4.69) is 18.3 Å². The van der Waals surface area contributed by atoms with Gasteiger partial charge in [0.2, 0.25) is 5.91 Å². The predicted molar refractivity (Wildman–Crippen MR) is 70.9 cm³/mol. The number of hydrogen-bond acceptors (Lipinski definition) is 3. The van der Waals surface area contributed by atoms with Gasteiger partial charge < -0.3 is 15.2 Å². The Hall–Kier alpha value is -1.55. The number of carbonyl (C=O) groups is 1. The molecule has 100 valence electrons. The molecular weight excluding hydrogens is 230 g/mol. The first-order valence-electron chi connectivity index (χ1n) is 6.12. The van der Waals surface area contributed by atoms with Crippen molar-refractivity contribution in [3.8, 4) is 5.75 Å². The molecule has 1 amide bonds. The number of aryl methyl sites for hydroxylation is 3. The smallest absolute Gasteiger partial charge is 0.223 e. The third-order valence-corrected chi connectivity index (χ3v) is 2.81. The maximum atomic E-state index is 11.3. The highest BCUT2D eigenvalue weighted by molar-refractivity contribution is 5.75. The summed E-state index contributed by atoms with van der Waals surface area (Å²) in [7, 11) is 0. The van der Waals surface area contributed by atoms with Gasteiger partial charge in [0.25, 0.3) is 0 Å². The van der Waals surface area contributed by atoms with E-state index in [1.807, 2.05) is 19.9 Å². The fourth-order valence-corrected chi connectivity index (χ4v) is 1.63. The minimum absolute atomic E-state index is 0.0388. The fraction of sp³-hybridized carbons (Fsp3) is 0.500. The van der Waals surface area contributed by atoms with Crippen LogP contribution in [0.1, 0.15) is 23.1 Å². The zero-order valence-electron chi connectivity index (χ0n) is 11.2. The number of hydrogen-bond donors (Lipinski definition) is 2. The molecule has 0 atom stereocenters. The number of aliphatic hydroxyl groups excluding tert-OH is 1. The Kier molecular flexibility index (Phi) is 5.65. The second kappa shape index (κ2) is 7.01. The molecule has 4 heteroatoms. The van der Waals surface area contributed by atoms with Crippen LogP contribution in [0.3, 0.4) is 0 Å². The predicted octanol–water partition coefficient (Wildman–Crippen LogP) is 1.49. The van der Waals surface area contributed by atoms with Gasteiger partial charge in [-0.3, -0.25) is 4.79 Å². The van der Waals surface area contributed by atoms with Crippen LogP contribution < -0.4 is 10.1 Å². The zero-order chi connectivity index (χ0) is 13.5. The third-order valence-electron chi connectivity index (χ3n) is 2.81. The maximum Gasteiger partial charge on any atom is 0.223 e. The second-order valence-corrected chi connectivity index (χ2v) is 4.37. The molecule has 0 unspecified atom stereocenters. The van der Waals surface area contributed by atoms with Crippen molar-refractivity contribution in [2.45, 2.75) is 27.2 Å². The summed E-state index contributed by atoms with van der Waals surface area (Å²) < 4.78 is 5.60. The summed E-state index contributed by atoms with van der Waals surface area (Å²) in [5.74, 6) is 0.721. The molecule has 4 nitrogen and oxygen atoms in total. The van der Waals surface area contributed by atoms with Crippen molar-refractivity contribution in [1.82, 2.24) is 5.32 Å². The number of nitrogens with one attached hydrogen (secondary N) is 1. The van der Waals surface area contributed by atoms with Gasteiger partial charge in [-0.1, -0.05) is 6.07 Å². The van der Waals surface area contributed by atoms with Gasteiger partial charge >= 0.3 is 0 Å². The monoisotopic (exact) mass is 251 g/mol. The molecule has 0 bridgehead atoms. The van der Waals surface area contributed by atoms with Gasteiger partial charge in [-0.05, 0) is 43.5 Å². The lowest BCUT2D eigenvalue weighted by Crippen LogP contribution is -2.27. The van der Waals surface area contributed by atoms with Crippen molar-refractivity contribution in [2.75, 3.05) is 19.8 Å². The molecule has 0 heterocycles. The highest BCUT2D eigenvalue weighted by Gasteiger charge is 2.05. The van der Waals surface area contributed by atoms with Crippen LogP contribution >= 0.6 is 0 Å². The van der Waals surface area contributed by atoms with E-state index in [0.29, 0.717) is 19.6 Å². The highest BCUT2D eigenvalue weighted by Crippen LogP contribution is 2.22. The normalized spacial score (nSPS) is 10.2. The molecule has 0 saturated heterocycles. The summed E-state index contributed by atoms with van der Waals surface area (Å²) in [6.45, 7) is 6.70. The second-order valence-electron chi connectivity index (χ2n) is 4.37. The molecule has 0 radical (unpaired) electrons. The van der Waals surface area contributed by atoms with Crippen molar-refractivity contribution in [2.24, 2.45) is 0 Å². The molecule has 0 aliphatic carbocycles. The van der Waals surface area contributed by atoms with Gasteiger partial charge in [0, 0.05) is 6.54 Å². The van der Waals surface area contributed by atoms with Crippen LogP contribution in [0.25, 0.3) is 0 Å². The first-order chi connectivity index (χ1) is 8.54. The lowest BCUT2D eigenvalue weighted by atomic mass is 10.1. The molecule has 1 rings (SSSR count). The molecule has 0 spiro atoms. The van der Waals surface area contributed by atoms with E-state index in [9.17, 15) is 4.79 Å². The zero-order valence-corrected chi connectivity index (χ0v) is 11.2. The molecule has 2 N–H and O–H groups in total. The van der Waals surface area contributed by atoms with Gasteiger partial charge in [0.05, 0.1) is 19.6 Å². The van der Waals surface area contributed by atoms with Crippen molar-refractivity contribution in [1.29, 1.82) is 0 Å². The number of amides is 1. The Morgan fingerprint density at radius 3 is 2.56 bits per heavy atom. The summed E-state index contributed by atoms with van der Waals surface area (Å²) >= 11 is 0. The Bertz CT molecular complexity index is 416. The van der Waals surface area contributed by atoms with Crippen molar-refractivity contribution >= 4 is 5.91 Å². The summed E-state index contributed by atoms with van der Waals surface area (Å²) in [4.78, 5) is 11.3. The van der Waals surface area contributed by atoms with E-state index in [1.54, 1.807) is 0 Å². The third kappa shape index (κ3) is 4.37. The van der Waals surface area contributed by atoms with E-state index >= 15 is 0 Å². The standard InChI is InChI=1S/C14H21NO3/c1-10-8-12(3)13(9-11(10)2)18-7-4-14(17)15-5-6-16/h8-9,16H,4-7H2,1-3H3,(H,15,17). The van der Waals surface area contributed by atoms with Crippen LogP contribution in [0.2, 0.25) is 0 Å². The first-order valence-corrected chi connectivity index (χ1v) is 6.12. The molecule has 0 aliphatic rings. The van der Waals surface area contributed by atoms with Crippen LogP contribution in [0.15, 0.2) is 12.1 Å². The van der Waals surface area contributed by atoms with E-state index in [1.165, 1.54) is 11.1 Å². The van der Waals surface area contributed by atoms with Crippen molar-refractivity contribution in [3.63, 3.8) is 0 Å². The Balaban J connectivity index is 2.44. The van der Waals surface area contributed by atoms with Crippen LogP contribution in [0, 0.1) is 20.8 Å². The molecule has 0 fully saturated rings. The Morgan fingerprint density at radius 2 is 1.89 bits per heavy atom. The van der Waals surface area contributed by atoms with E-state index in [4.69, 9.17) is 9.84 Å². The lowest BCUT2D eigenvalue weighted by molar-refractivity contribution is -0.121. The lowest BCUT2D eigenvalue weighted by Gasteiger charge is -2.11. The molecule has 1 aromatic rings. The maximum absolute atomic E-state index is 11.3. The van der Waals surface area contributed by atoms with Crippen LogP contribution in [-0.4, -0.2) is 30.8 Å². The minimum atomic E-state index is -0.106. The van der Waals surface area contributed by atoms with Crippen LogP contribution in [0.5, 0.6) is 5.75 Å².